The summed E-state index contributed by atoms with van der Waals surface area (Å²) in [5.74, 6) is -0.0125. The average Bonchev–Trinajstić information content (AvgIpc) is 2.22. The number of nitrogens with zero attached hydrogens (tertiary/aromatic N) is 1. The van der Waals surface area contributed by atoms with E-state index in [0.29, 0.717) is 0 Å². The van der Waals surface area contributed by atoms with Crippen LogP contribution >= 0.6 is 11.8 Å². The molecule has 1 atom stereocenters. The second-order valence-corrected chi connectivity index (χ2v) is 3.94. The second kappa shape index (κ2) is 4.92. The van der Waals surface area contributed by atoms with Gasteiger partial charge in [-0.3, -0.25) is 0 Å². The van der Waals surface area contributed by atoms with Crippen LogP contribution in [0.25, 0.3) is 0 Å². The Labute approximate surface area is 89.1 Å². The van der Waals surface area contributed by atoms with E-state index in [0.717, 1.165) is 22.6 Å². The Hall–Kier alpha value is -1.14. The van der Waals surface area contributed by atoms with Gasteiger partial charge in [-0.1, -0.05) is 13.0 Å². The number of hydrogen-bond acceptors (Lipinski definition) is 3. The molecule has 1 unspecified atom stereocenters. The van der Waals surface area contributed by atoms with E-state index in [-0.39, 0.29) is 5.92 Å². The van der Waals surface area contributed by atoms with E-state index in [9.17, 15) is 0 Å². The molecule has 0 spiro atoms. The zero-order valence-corrected chi connectivity index (χ0v) is 9.27. The smallest absolute Gasteiger partial charge is 0.0710 e. The van der Waals surface area contributed by atoms with Crippen molar-refractivity contribution in [2.75, 3.05) is 12.0 Å². The normalized spacial score (nSPS) is 12.1. The average molecular weight is 206 g/mol. The highest BCUT2D eigenvalue weighted by atomic mass is 32.2. The molecule has 0 saturated heterocycles. The number of nitrogen functional groups attached to an aromatic ring is 1. The lowest BCUT2D eigenvalue weighted by atomic mass is 9.98. The number of hydrogen-bond donors (Lipinski definition) is 1. The van der Waals surface area contributed by atoms with E-state index in [1.54, 1.807) is 11.8 Å². The van der Waals surface area contributed by atoms with Crippen molar-refractivity contribution in [2.45, 2.75) is 24.2 Å². The maximum atomic E-state index is 8.92. The van der Waals surface area contributed by atoms with Crippen LogP contribution < -0.4 is 5.73 Å². The zero-order valence-electron chi connectivity index (χ0n) is 8.45. The molecule has 0 heterocycles. The minimum atomic E-state index is -0.0125. The van der Waals surface area contributed by atoms with Crippen molar-refractivity contribution in [3.05, 3.63) is 23.8 Å². The minimum Gasteiger partial charge on any atom is -0.398 e. The maximum absolute atomic E-state index is 8.92. The number of nitriles is 1. The van der Waals surface area contributed by atoms with Crippen molar-refractivity contribution in [2.24, 2.45) is 0 Å². The fourth-order valence-corrected chi connectivity index (χ4v) is 1.90. The second-order valence-electron chi connectivity index (χ2n) is 3.09. The van der Waals surface area contributed by atoms with Gasteiger partial charge in [0, 0.05) is 10.6 Å². The molecule has 3 heteroatoms. The monoisotopic (exact) mass is 206 g/mol. The fraction of sp³-hybridized carbons (Fsp3) is 0.364. The van der Waals surface area contributed by atoms with Crippen LogP contribution in [0.2, 0.25) is 0 Å². The molecule has 0 amide bonds. The van der Waals surface area contributed by atoms with Crippen molar-refractivity contribution in [1.29, 1.82) is 5.26 Å². The fourth-order valence-electron chi connectivity index (χ4n) is 1.35. The van der Waals surface area contributed by atoms with Crippen molar-refractivity contribution in [3.63, 3.8) is 0 Å². The highest BCUT2D eigenvalue weighted by Gasteiger charge is 2.09. The Morgan fingerprint density at radius 1 is 1.57 bits per heavy atom. The molecule has 2 N–H and O–H groups in total. The van der Waals surface area contributed by atoms with Crippen LogP contribution in [0.15, 0.2) is 23.1 Å². The molecular weight excluding hydrogens is 192 g/mol. The first kappa shape index (κ1) is 10.9. The quantitative estimate of drug-likeness (QED) is 0.611. The maximum Gasteiger partial charge on any atom is 0.0710 e. The summed E-state index contributed by atoms with van der Waals surface area (Å²) in [4.78, 5) is 1.05. The zero-order chi connectivity index (χ0) is 10.6. The molecule has 0 fully saturated rings. The van der Waals surface area contributed by atoms with Gasteiger partial charge in [0.05, 0.1) is 12.0 Å². The summed E-state index contributed by atoms with van der Waals surface area (Å²) in [6.07, 6.45) is 2.83. The summed E-state index contributed by atoms with van der Waals surface area (Å²) >= 11 is 1.61. The molecule has 0 saturated carbocycles. The Morgan fingerprint density at radius 3 is 2.79 bits per heavy atom. The number of anilines is 1. The third kappa shape index (κ3) is 2.21. The van der Waals surface area contributed by atoms with Crippen LogP contribution in [0.5, 0.6) is 0 Å². The molecule has 1 rings (SSSR count). The third-order valence-corrected chi connectivity index (χ3v) is 3.02. The van der Waals surface area contributed by atoms with Crippen molar-refractivity contribution >= 4 is 17.4 Å². The molecule has 2 nitrogen and oxygen atoms in total. The standard InChI is InChI=1S/C11H14N2S/c1-3-8(7-12)9-4-5-10(13)11(6-9)14-2/h4-6,8H,3,13H2,1-2H3. The number of rotatable bonds is 3. The topological polar surface area (TPSA) is 49.8 Å². The van der Waals surface area contributed by atoms with E-state index < -0.39 is 0 Å². The van der Waals surface area contributed by atoms with E-state index in [4.69, 9.17) is 11.0 Å². The molecular formula is C11H14N2S. The lowest BCUT2D eigenvalue weighted by Crippen LogP contribution is -1.96. The van der Waals surface area contributed by atoms with E-state index >= 15 is 0 Å². The van der Waals surface area contributed by atoms with Gasteiger partial charge in [-0.2, -0.15) is 5.26 Å². The van der Waals surface area contributed by atoms with Gasteiger partial charge in [0.15, 0.2) is 0 Å². The highest BCUT2D eigenvalue weighted by Crippen LogP contribution is 2.28. The van der Waals surface area contributed by atoms with Crippen LogP contribution in [-0.4, -0.2) is 6.26 Å². The Kier molecular flexibility index (Phi) is 3.84. The van der Waals surface area contributed by atoms with Crippen LogP contribution in [0, 0.1) is 11.3 Å². The van der Waals surface area contributed by atoms with Crippen LogP contribution in [0.3, 0.4) is 0 Å². The third-order valence-electron chi connectivity index (χ3n) is 2.22. The molecule has 74 valence electrons. The van der Waals surface area contributed by atoms with Gasteiger partial charge < -0.3 is 5.73 Å². The molecule has 0 aliphatic carbocycles. The van der Waals surface area contributed by atoms with Crippen molar-refractivity contribution in [1.82, 2.24) is 0 Å². The number of nitrogens with two attached hydrogens (primary N) is 1. The molecule has 0 bridgehead atoms. The molecule has 0 aliphatic rings. The van der Waals surface area contributed by atoms with Gasteiger partial charge in [-0.05, 0) is 30.4 Å². The van der Waals surface area contributed by atoms with Gasteiger partial charge >= 0.3 is 0 Å². The Bertz CT molecular complexity index is 355. The first-order chi connectivity index (χ1) is 6.72. The largest absolute Gasteiger partial charge is 0.398 e. The van der Waals surface area contributed by atoms with E-state index in [1.807, 2.05) is 31.4 Å². The number of benzene rings is 1. The lowest BCUT2D eigenvalue weighted by molar-refractivity contribution is 0.816. The van der Waals surface area contributed by atoms with Crippen LogP contribution in [0.1, 0.15) is 24.8 Å². The molecule has 14 heavy (non-hydrogen) atoms. The predicted molar refractivity (Wildman–Crippen MR) is 61.3 cm³/mol. The molecule has 0 aliphatic heterocycles. The summed E-state index contributed by atoms with van der Waals surface area (Å²) in [5.41, 5.74) is 7.63. The van der Waals surface area contributed by atoms with Gasteiger partial charge in [-0.25, -0.2) is 0 Å². The Morgan fingerprint density at radius 2 is 2.29 bits per heavy atom. The summed E-state index contributed by atoms with van der Waals surface area (Å²) in [5, 5.41) is 8.92. The first-order valence-electron chi connectivity index (χ1n) is 4.56. The van der Waals surface area contributed by atoms with E-state index in [1.165, 1.54) is 0 Å². The molecule has 1 aromatic rings. The number of thioether (sulfide) groups is 1. The van der Waals surface area contributed by atoms with E-state index in [2.05, 4.69) is 6.07 Å². The van der Waals surface area contributed by atoms with Crippen LogP contribution in [0.4, 0.5) is 5.69 Å². The highest BCUT2D eigenvalue weighted by molar-refractivity contribution is 7.98. The molecule has 1 aromatic carbocycles. The lowest BCUT2D eigenvalue weighted by Gasteiger charge is -2.09. The van der Waals surface area contributed by atoms with Gasteiger partial charge in [-0.15, -0.1) is 11.8 Å². The summed E-state index contributed by atoms with van der Waals surface area (Å²) in [6, 6.07) is 8.11. The predicted octanol–water partition coefficient (Wildman–Crippen LogP) is 3.01. The van der Waals surface area contributed by atoms with Gasteiger partial charge in [0.2, 0.25) is 0 Å². The molecule has 0 aromatic heterocycles. The summed E-state index contributed by atoms with van der Waals surface area (Å²) in [7, 11) is 0. The van der Waals surface area contributed by atoms with Crippen LogP contribution in [-0.2, 0) is 0 Å². The molecule has 0 radical (unpaired) electrons. The van der Waals surface area contributed by atoms with Crippen molar-refractivity contribution in [3.8, 4) is 6.07 Å². The SMILES string of the molecule is CCC(C#N)c1ccc(N)c(SC)c1. The van der Waals surface area contributed by atoms with Crippen molar-refractivity contribution < 1.29 is 0 Å². The summed E-state index contributed by atoms with van der Waals surface area (Å²) in [6.45, 7) is 2.02. The first-order valence-corrected chi connectivity index (χ1v) is 5.78. The van der Waals surface area contributed by atoms with Gasteiger partial charge in [0.1, 0.15) is 0 Å². The van der Waals surface area contributed by atoms with Gasteiger partial charge in [0.25, 0.3) is 0 Å². The summed E-state index contributed by atoms with van der Waals surface area (Å²) < 4.78 is 0. The minimum absolute atomic E-state index is 0.0125. The Balaban J connectivity index is 3.06.